The maximum atomic E-state index is 6.19. The van der Waals surface area contributed by atoms with Crippen LogP contribution in [0.1, 0.15) is 0 Å². The molecule has 76 valence electrons. The molecule has 0 fully saturated rings. The Morgan fingerprint density at radius 3 is 2.13 bits per heavy atom. The molecule has 0 bridgehead atoms. The molecule has 2 rings (SSSR count). The topological polar surface area (TPSA) is 0 Å². The first kappa shape index (κ1) is 11.2. The average Bonchev–Trinajstić information content (AvgIpc) is 2.20. The van der Waals surface area contributed by atoms with E-state index in [9.17, 15) is 0 Å². The molecule has 0 saturated heterocycles. The Morgan fingerprint density at radius 1 is 0.800 bits per heavy atom. The highest BCUT2D eigenvalue weighted by Gasteiger charge is 2.09. The molecule has 0 nitrogen and oxygen atoms in total. The van der Waals surface area contributed by atoms with E-state index in [1.807, 2.05) is 42.5 Å². The van der Waals surface area contributed by atoms with Crippen molar-refractivity contribution in [3.8, 4) is 11.1 Å². The Balaban J connectivity index is 2.69. The summed E-state index contributed by atoms with van der Waals surface area (Å²) in [6, 6.07) is 13.8. The minimum Gasteiger partial charge on any atom is -0.0836 e. The van der Waals surface area contributed by atoms with Gasteiger partial charge in [-0.15, -0.1) is 0 Å². The second kappa shape index (κ2) is 4.69. The quantitative estimate of drug-likeness (QED) is 0.637. The standard InChI is InChI=1S/C12H7Br2Cl/c13-9-5-2-1-4-8(9)12-10(14)6-3-7-11(12)15/h1-7H. The summed E-state index contributed by atoms with van der Waals surface area (Å²) in [5.74, 6) is 0. The van der Waals surface area contributed by atoms with Crippen molar-refractivity contribution < 1.29 is 0 Å². The maximum absolute atomic E-state index is 6.19. The van der Waals surface area contributed by atoms with Crippen LogP contribution in [0.4, 0.5) is 0 Å². The molecule has 0 N–H and O–H groups in total. The van der Waals surface area contributed by atoms with Crippen LogP contribution in [0.15, 0.2) is 51.4 Å². The summed E-state index contributed by atoms with van der Waals surface area (Å²) >= 11 is 13.2. The van der Waals surface area contributed by atoms with Gasteiger partial charge in [-0.25, -0.2) is 0 Å². The molecule has 2 aromatic carbocycles. The van der Waals surface area contributed by atoms with Crippen molar-refractivity contribution >= 4 is 43.5 Å². The summed E-state index contributed by atoms with van der Waals surface area (Å²) in [5.41, 5.74) is 2.11. The smallest absolute Gasteiger partial charge is 0.0496 e. The van der Waals surface area contributed by atoms with E-state index in [0.717, 1.165) is 25.1 Å². The van der Waals surface area contributed by atoms with Crippen molar-refractivity contribution in [3.63, 3.8) is 0 Å². The SMILES string of the molecule is Clc1cccc(Br)c1-c1ccccc1Br. The third-order valence-electron chi connectivity index (χ3n) is 2.11. The molecule has 2 aromatic rings. The zero-order valence-electron chi connectivity index (χ0n) is 7.68. The van der Waals surface area contributed by atoms with Crippen LogP contribution in [0.25, 0.3) is 11.1 Å². The summed E-state index contributed by atoms with van der Waals surface area (Å²) in [4.78, 5) is 0. The lowest BCUT2D eigenvalue weighted by atomic mass is 10.1. The summed E-state index contributed by atoms with van der Waals surface area (Å²) in [7, 11) is 0. The van der Waals surface area contributed by atoms with Gasteiger partial charge in [0.15, 0.2) is 0 Å². The zero-order valence-corrected chi connectivity index (χ0v) is 11.6. The highest BCUT2D eigenvalue weighted by atomic mass is 79.9. The van der Waals surface area contributed by atoms with Crippen LogP contribution in [0, 0.1) is 0 Å². The molecule has 0 amide bonds. The van der Waals surface area contributed by atoms with Gasteiger partial charge in [0.1, 0.15) is 0 Å². The maximum Gasteiger partial charge on any atom is 0.0496 e. The van der Waals surface area contributed by atoms with Crippen LogP contribution in [0.2, 0.25) is 5.02 Å². The van der Waals surface area contributed by atoms with Crippen LogP contribution in [-0.2, 0) is 0 Å². The second-order valence-electron chi connectivity index (χ2n) is 3.08. The second-order valence-corrected chi connectivity index (χ2v) is 5.19. The van der Waals surface area contributed by atoms with Crippen LogP contribution in [-0.4, -0.2) is 0 Å². The van der Waals surface area contributed by atoms with Crippen molar-refractivity contribution in [1.29, 1.82) is 0 Å². The minimum atomic E-state index is 0.747. The third-order valence-corrected chi connectivity index (χ3v) is 3.77. The van der Waals surface area contributed by atoms with Crippen LogP contribution >= 0.6 is 43.5 Å². The fourth-order valence-electron chi connectivity index (χ4n) is 1.42. The summed E-state index contributed by atoms with van der Waals surface area (Å²) in [6.45, 7) is 0. The van der Waals surface area contributed by atoms with E-state index in [0.29, 0.717) is 0 Å². The molecule has 3 heteroatoms. The molecule has 0 aromatic heterocycles. The van der Waals surface area contributed by atoms with Gasteiger partial charge < -0.3 is 0 Å². The molecule has 0 atom stereocenters. The molecule has 0 saturated carbocycles. The van der Waals surface area contributed by atoms with E-state index in [2.05, 4.69) is 31.9 Å². The third kappa shape index (κ3) is 2.27. The van der Waals surface area contributed by atoms with Crippen LogP contribution in [0.3, 0.4) is 0 Å². The Kier molecular flexibility index (Phi) is 3.49. The number of hydrogen-bond acceptors (Lipinski definition) is 0. The van der Waals surface area contributed by atoms with Gasteiger partial charge in [0.2, 0.25) is 0 Å². The molecule has 0 aliphatic heterocycles. The van der Waals surface area contributed by atoms with E-state index in [-0.39, 0.29) is 0 Å². The number of rotatable bonds is 1. The molecule has 0 aliphatic carbocycles. The monoisotopic (exact) mass is 344 g/mol. The highest BCUT2D eigenvalue weighted by molar-refractivity contribution is 9.11. The molecule has 0 heterocycles. The van der Waals surface area contributed by atoms with E-state index in [1.54, 1.807) is 0 Å². The van der Waals surface area contributed by atoms with Gasteiger partial charge in [0.05, 0.1) is 0 Å². The van der Waals surface area contributed by atoms with E-state index in [1.165, 1.54) is 0 Å². The molecule has 0 radical (unpaired) electrons. The van der Waals surface area contributed by atoms with Crippen molar-refractivity contribution in [2.24, 2.45) is 0 Å². The van der Waals surface area contributed by atoms with Gasteiger partial charge in [0.25, 0.3) is 0 Å². The predicted molar refractivity (Wildman–Crippen MR) is 72.3 cm³/mol. The first-order valence-electron chi connectivity index (χ1n) is 4.39. The summed E-state index contributed by atoms with van der Waals surface area (Å²) in [6.07, 6.45) is 0. The van der Waals surface area contributed by atoms with Gasteiger partial charge >= 0.3 is 0 Å². The van der Waals surface area contributed by atoms with E-state index in [4.69, 9.17) is 11.6 Å². The molecule has 0 unspecified atom stereocenters. The van der Waals surface area contributed by atoms with Gasteiger partial charge in [-0.2, -0.15) is 0 Å². The van der Waals surface area contributed by atoms with Crippen molar-refractivity contribution in [3.05, 3.63) is 56.4 Å². The lowest BCUT2D eigenvalue weighted by molar-refractivity contribution is 1.56. The lowest BCUT2D eigenvalue weighted by Crippen LogP contribution is -1.82. The molecule has 0 spiro atoms. The van der Waals surface area contributed by atoms with Crippen molar-refractivity contribution in [2.75, 3.05) is 0 Å². The van der Waals surface area contributed by atoms with Gasteiger partial charge in [0, 0.05) is 19.5 Å². The van der Waals surface area contributed by atoms with Gasteiger partial charge in [-0.1, -0.05) is 67.7 Å². The molecule has 0 aliphatic rings. The van der Waals surface area contributed by atoms with E-state index >= 15 is 0 Å². The largest absolute Gasteiger partial charge is 0.0836 e. The Hall–Kier alpha value is -0.310. The highest BCUT2D eigenvalue weighted by Crippen LogP contribution is 2.38. The number of halogens is 3. The van der Waals surface area contributed by atoms with Crippen molar-refractivity contribution in [1.82, 2.24) is 0 Å². The van der Waals surface area contributed by atoms with Gasteiger partial charge in [-0.05, 0) is 23.8 Å². The normalized spacial score (nSPS) is 10.3. The molecular formula is C12H7Br2Cl. The number of benzene rings is 2. The lowest BCUT2D eigenvalue weighted by Gasteiger charge is -2.08. The van der Waals surface area contributed by atoms with E-state index < -0.39 is 0 Å². The predicted octanol–water partition coefficient (Wildman–Crippen LogP) is 5.53. The first-order chi connectivity index (χ1) is 7.20. The fourth-order valence-corrected chi connectivity index (χ4v) is 2.87. The Bertz CT molecular complexity index is 474. The van der Waals surface area contributed by atoms with Crippen LogP contribution in [0.5, 0.6) is 0 Å². The Morgan fingerprint density at radius 2 is 1.47 bits per heavy atom. The van der Waals surface area contributed by atoms with Crippen LogP contribution < -0.4 is 0 Å². The Labute approximate surface area is 111 Å². The molecule has 15 heavy (non-hydrogen) atoms. The van der Waals surface area contributed by atoms with Crippen molar-refractivity contribution in [2.45, 2.75) is 0 Å². The summed E-state index contributed by atoms with van der Waals surface area (Å²) in [5, 5.41) is 0.747. The average molecular weight is 346 g/mol. The summed E-state index contributed by atoms with van der Waals surface area (Å²) < 4.78 is 2.04. The number of hydrogen-bond donors (Lipinski definition) is 0. The van der Waals surface area contributed by atoms with Gasteiger partial charge in [-0.3, -0.25) is 0 Å². The fraction of sp³-hybridized carbons (Fsp3) is 0. The first-order valence-corrected chi connectivity index (χ1v) is 6.35. The minimum absolute atomic E-state index is 0.747. The molecular weight excluding hydrogens is 339 g/mol. The zero-order chi connectivity index (χ0) is 10.8.